The number of carbonyl (C=O) groups excluding carboxylic acids is 2. The summed E-state index contributed by atoms with van der Waals surface area (Å²) in [5, 5.41) is 8.44. The van der Waals surface area contributed by atoms with Crippen LogP contribution in [0.2, 0.25) is 0 Å². The predicted octanol–water partition coefficient (Wildman–Crippen LogP) is 3.91. The van der Waals surface area contributed by atoms with Crippen molar-refractivity contribution >= 4 is 11.9 Å². The third-order valence-corrected chi connectivity index (χ3v) is 8.26. The lowest BCUT2D eigenvalue weighted by Gasteiger charge is -2.39. The molecule has 0 spiro atoms. The number of aryl methyl sites for hydroxylation is 1. The van der Waals surface area contributed by atoms with Crippen LogP contribution in [0.25, 0.3) is 0 Å². The van der Waals surface area contributed by atoms with Gasteiger partial charge in [0, 0.05) is 12.7 Å². The number of aromatic nitrogens is 3. The van der Waals surface area contributed by atoms with E-state index in [1.165, 1.54) is 6.42 Å². The van der Waals surface area contributed by atoms with E-state index in [0.717, 1.165) is 49.8 Å². The molecule has 0 radical (unpaired) electrons. The third kappa shape index (κ3) is 6.15. The van der Waals surface area contributed by atoms with Crippen molar-refractivity contribution in [2.45, 2.75) is 82.7 Å². The first-order valence-electron chi connectivity index (χ1n) is 14.3. The number of piperidine rings is 1. The summed E-state index contributed by atoms with van der Waals surface area (Å²) in [7, 11) is 3.18. The molecular weight excluding hydrogens is 500 g/mol. The van der Waals surface area contributed by atoms with Gasteiger partial charge in [-0.05, 0) is 68.6 Å². The zero-order valence-corrected chi connectivity index (χ0v) is 23.1. The summed E-state index contributed by atoms with van der Waals surface area (Å²) in [6.45, 7) is 1.69. The van der Waals surface area contributed by atoms with Crippen LogP contribution >= 0.6 is 0 Å². The molecule has 1 aromatic heterocycles. The third-order valence-electron chi connectivity index (χ3n) is 8.26. The number of rotatable bonds is 3. The highest BCUT2D eigenvalue weighted by atomic mass is 16.5. The van der Waals surface area contributed by atoms with Crippen molar-refractivity contribution in [1.29, 1.82) is 0 Å². The Hall–Kier alpha value is -3.30. The molecule has 1 saturated heterocycles. The van der Waals surface area contributed by atoms with E-state index in [1.807, 2.05) is 18.3 Å². The standard InChI is InChI=1S/C29H40N4O6/c1-36-24-17-21-18-25(27(24)37-2)38-16-14-32-19-22(30-31-32)11-8-15-39-29(35)23-12-6-7-13-33(23)28(34)26(21)20-9-4-3-5-10-20/h17-20,23,26H,3-16H2,1-2H3/t23-,26-/m0/s1. The van der Waals surface area contributed by atoms with Crippen LogP contribution in [0.15, 0.2) is 18.3 Å². The first-order valence-corrected chi connectivity index (χ1v) is 14.3. The van der Waals surface area contributed by atoms with Gasteiger partial charge < -0.3 is 23.8 Å². The molecule has 5 rings (SSSR count). The van der Waals surface area contributed by atoms with Gasteiger partial charge in [0.1, 0.15) is 12.6 Å². The van der Waals surface area contributed by atoms with Gasteiger partial charge in [-0.15, -0.1) is 5.10 Å². The maximum atomic E-state index is 14.4. The van der Waals surface area contributed by atoms with Gasteiger partial charge in [0.15, 0.2) is 11.5 Å². The van der Waals surface area contributed by atoms with Gasteiger partial charge in [0.2, 0.25) is 11.7 Å². The Morgan fingerprint density at radius 3 is 2.51 bits per heavy atom. The lowest BCUT2D eigenvalue weighted by atomic mass is 9.75. The summed E-state index contributed by atoms with van der Waals surface area (Å²) in [6.07, 6.45) is 10.9. The maximum Gasteiger partial charge on any atom is 0.328 e. The van der Waals surface area contributed by atoms with Crippen LogP contribution in [-0.4, -0.2) is 71.8 Å². The number of fused-ring (bicyclic) bond motifs is 5. The quantitative estimate of drug-likeness (QED) is 0.540. The number of ether oxygens (including phenoxy) is 4. The van der Waals surface area contributed by atoms with E-state index in [0.29, 0.717) is 62.8 Å². The van der Waals surface area contributed by atoms with E-state index in [2.05, 4.69) is 10.3 Å². The Bertz CT molecular complexity index is 1140. The number of methoxy groups -OCH3 is 2. The summed E-state index contributed by atoms with van der Waals surface area (Å²) in [5.74, 6) is 0.986. The number of carbonyl (C=O) groups is 2. The highest BCUT2D eigenvalue weighted by Gasteiger charge is 2.40. The van der Waals surface area contributed by atoms with Gasteiger partial charge in [0.05, 0.1) is 39.0 Å². The van der Waals surface area contributed by atoms with Crippen molar-refractivity contribution in [3.05, 3.63) is 29.6 Å². The molecule has 3 aliphatic rings. The topological polar surface area (TPSA) is 105 Å². The maximum absolute atomic E-state index is 14.4. The molecule has 2 fully saturated rings. The van der Waals surface area contributed by atoms with E-state index in [4.69, 9.17) is 18.9 Å². The number of hydrogen-bond acceptors (Lipinski definition) is 8. The van der Waals surface area contributed by atoms with Crippen LogP contribution in [0.3, 0.4) is 0 Å². The molecule has 3 heterocycles. The van der Waals surface area contributed by atoms with E-state index in [1.54, 1.807) is 23.8 Å². The molecule has 10 heteroatoms. The van der Waals surface area contributed by atoms with Crippen LogP contribution in [0, 0.1) is 5.92 Å². The van der Waals surface area contributed by atoms with Crippen molar-refractivity contribution in [3.8, 4) is 17.2 Å². The molecule has 1 aromatic carbocycles. The van der Waals surface area contributed by atoms with Crippen LogP contribution in [0.5, 0.6) is 17.2 Å². The summed E-state index contributed by atoms with van der Waals surface area (Å²) in [5.41, 5.74) is 1.67. The number of esters is 1. The average molecular weight is 541 g/mol. The number of benzene rings is 1. The Labute approximate surface area is 229 Å². The first kappa shape index (κ1) is 27.3. The van der Waals surface area contributed by atoms with Crippen LogP contribution in [0.1, 0.15) is 75.0 Å². The van der Waals surface area contributed by atoms with Crippen LogP contribution < -0.4 is 14.2 Å². The van der Waals surface area contributed by atoms with Gasteiger partial charge in [-0.25, -0.2) is 9.48 Å². The molecule has 0 unspecified atom stereocenters. The van der Waals surface area contributed by atoms with Crippen molar-refractivity contribution < 1.29 is 28.5 Å². The molecule has 1 saturated carbocycles. The summed E-state index contributed by atoms with van der Waals surface area (Å²) in [6, 6.07) is 3.27. The van der Waals surface area contributed by atoms with Gasteiger partial charge >= 0.3 is 5.97 Å². The van der Waals surface area contributed by atoms with Crippen molar-refractivity contribution in [2.24, 2.45) is 5.92 Å². The first-order chi connectivity index (χ1) is 19.1. The van der Waals surface area contributed by atoms with Crippen LogP contribution in [0.4, 0.5) is 0 Å². The molecule has 1 amide bonds. The molecule has 39 heavy (non-hydrogen) atoms. The van der Waals surface area contributed by atoms with E-state index < -0.39 is 12.0 Å². The Morgan fingerprint density at radius 1 is 0.897 bits per heavy atom. The number of amides is 1. The summed E-state index contributed by atoms with van der Waals surface area (Å²) >= 11 is 0. The molecule has 2 aromatic rings. The van der Waals surface area contributed by atoms with Crippen molar-refractivity contribution in [1.82, 2.24) is 19.9 Å². The zero-order chi connectivity index (χ0) is 27.2. The Balaban J connectivity index is 1.56. The SMILES string of the molecule is COc1cc2cc(c1OC)OCCn1cc(nn1)CCCOC(=O)[C@@H]1CCCCN1C(=O)[C@H]2C1CCCCC1. The van der Waals surface area contributed by atoms with Gasteiger partial charge in [-0.1, -0.05) is 24.5 Å². The fraction of sp³-hybridized carbons (Fsp3) is 0.655. The Morgan fingerprint density at radius 2 is 1.72 bits per heavy atom. The minimum absolute atomic E-state index is 0.00486. The lowest BCUT2D eigenvalue weighted by molar-refractivity contribution is -0.158. The van der Waals surface area contributed by atoms with Crippen molar-refractivity contribution in [2.75, 3.05) is 34.0 Å². The normalized spacial score (nSPS) is 23.6. The fourth-order valence-corrected chi connectivity index (χ4v) is 6.27. The second kappa shape index (κ2) is 12.7. The molecule has 2 atom stereocenters. The van der Waals surface area contributed by atoms with Crippen LogP contribution in [-0.2, 0) is 27.3 Å². The largest absolute Gasteiger partial charge is 0.493 e. The molecular formula is C29H40N4O6. The molecule has 10 nitrogen and oxygen atoms in total. The molecule has 4 bridgehead atoms. The minimum atomic E-state index is -0.562. The lowest BCUT2D eigenvalue weighted by Crippen LogP contribution is -2.51. The number of cyclic esters (lactones) is 1. The highest BCUT2D eigenvalue weighted by molar-refractivity contribution is 5.89. The zero-order valence-electron chi connectivity index (χ0n) is 23.1. The molecule has 0 N–H and O–H groups in total. The second-order valence-electron chi connectivity index (χ2n) is 10.8. The van der Waals surface area contributed by atoms with Crippen molar-refractivity contribution in [3.63, 3.8) is 0 Å². The highest BCUT2D eigenvalue weighted by Crippen LogP contribution is 2.45. The average Bonchev–Trinajstić information content (AvgIpc) is 3.42. The molecule has 2 aliphatic heterocycles. The van der Waals surface area contributed by atoms with Gasteiger partial charge in [-0.3, -0.25) is 4.79 Å². The molecule has 212 valence electrons. The van der Waals surface area contributed by atoms with E-state index >= 15 is 0 Å². The summed E-state index contributed by atoms with van der Waals surface area (Å²) < 4.78 is 25.1. The Kier molecular flexibility index (Phi) is 8.88. The number of nitrogens with zero attached hydrogens (tertiary/aromatic N) is 4. The van der Waals surface area contributed by atoms with Gasteiger partial charge in [0.25, 0.3) is 0 Å². The summed E-state index contributed by atoms with van der Waals surface area (Å²) in [4.78, 5) is 29.5. The van der Waals surface area contributed by atoms with Gasteiger partial charge in [-0.2, -0.15) is 0 Å². The fourth-order valence-electron chi connectivity index (χ4n) is 6.27. The number of hydrogen-bond donors (Lipinski definition) is 0. The predicted molar refractivity (Wildman–Crippen MR) is 143 cm³/mol. The van der Waals surface area contributed by atoms with E-state index in [9.17, 15) is 9.59 Å². The monoisotopic (exact) mass is 540 g/mol. The second-order valence-corrected chi connectivity index (χ2v) is 10.8. The van der Waals surface area contributed by atoms with E-state index in [-0.39, 0.29) is 17.8 Å². The smallest absolute Gasteiger partial charge is 0.328 e. The minimum Gasteiger partial charge on any atom is -0.493 e. The molecule has 1 aliphatic carbocycles.